The first kappa shape index (κ1) is 8.67. The highest BCUT2D eigenvalue weighted by Crippen LogP contribution is 2.27. The third-order valence-corrected chi connectivity index (χ3v) is 3.81. The number of imide groups is 1. The number of anilines is 1. The topological polar surface area (TPSA) is 107 Å². The van der Waals surface area contributed by atoms with Gasteiger partial charge in [0.25, 0.3) is 11.5 Å². The maximum absolute atomic E-state index is 13.3. The Hall–Kier alpha value is -2.70. The number of nitrogen functional groups attached to an aromatic ring is 1. The van der Waals surface area contributed by atoms with Crippen LogP contribution in [-0.4, -0.2) is 21.4 Å². The lowest BCUT2D eigenvalue weighted by molar-refractivity contribution is -0.140. The lowest BCUT2D eigenvalue weighted by Gasteiger charge is -2.34. The minimum Gasteiger partial charge on any atom is -0.398 e. The Balaban J connectivity index is 2.53. The molecule has 22 heavy (non-hydrogen) atoms. The van der Waals surface area contributed by atoms with Crippen LogP contribution in [-0.2, 0) is 15.1 Å². The first-order valence-corrected chi connectivity index (χ1v) is 6.48. The normalized spacial score (nSPS) is 26.4. The van der Waals surface area contributed by atoms with Crippen molar-refractivity contribution < 1.29 is 17.8 Å². The number of piperidine rings is 1. The molecule has 3 rings (SSSR count). The average Bonchev–Trinajstić information content (AvgIpc) is 2.60. The minimum absolute atomic E-state index is 0.123. The maximum atomic E-state index is 13.3. The van der Waals surface area contributed by atoms with E-state index < -0.39 is 70.3 Å². The highest BCUT2D eigenvalue weighted by atomic mass is 16.2. The third-order valence-electron chi connectivity index (χ3n) is 3.81. The molecular weight excluding hydrogens is 284 g/mol. The highest BCUT2D eigenvalue weighted by molar-refractivity contribution is 6.01. The van der Waals surface area contributed by atoms with Crippen LogP contribution in [0.4, 0.5) is 5.69 Å². The number of benzene rings is 1. The number of rotatable bonds is 1. The molecule has 0 saturated carbocycles. The predicted octanol–water partition coefficient (Wildman–Crippen LogP) is 0.439. The second-order valence-electron chi connectivity index (χ2n) is 5.24. The lowest BCUT2D eigenvalue weighted by atomic mass is 9.90. The monoisotopic (exact) mass is 306 g/mol. The SMILES string of the molecule is [2H]c1c([2H])c(N)c2c(=O)n([C@@]3(C)CCC(=O)NC3=O)c(C([2H])([2H])[2H])nc2c1[2H]. The summed E-state index contributed by atoms with van der Waals surface area (Å²) in [4.78, 5) is 41.2. The van der Waals surface area contributed by atoms with Crippen molar-refractivity contribution in [2.24, 2.45) is 0 Å². The van der Waals surface area contributed by atoms with Gasteiger partial charge in [-0.1, -0.05) is 6.04 Å². The molecule has 0 bridgehead atoms. The van der Waals surface area contributed by atoms with Crippen molar-refractivity contribution in [2.75, 3.05) is 5.73 Å². The van der Waals surface area contributed by atoms with Crippen molar-refractivity contribution in [2.45, 2.75) is 32.2 Å². The van der Waals surface area contributed by atoms with E-state index in [2.05, 4.69) is 10.3 Å². The molecule has 1 aromatic carbocycles. The highest BCUT2D eigenvalue weighted by Gasteiger charge is 2.42. The van der Waals surface area contributed by atoms with E-state index in [-0.39, 0.29) is 12.8 Å². The smallest absolute Gasteiger partial charge is 0.264 e. The Kier molecular flexibility index (Phi) is 1.84. The van der Waals surface area contributed by atoms with Gasteiger partial charge in [0.05, 0.1) is 15.0 Å². The largest absolute Gasteiger partial charge is 0.398 e. The van der Waals surface area contributed by atoms with Gasteiger partial charge in [-0.25, -0.2) is 4.98 Å². The lowest BCUT2D eigenvalue weighted by Crippen LogP contribution is -2.56. The molecule has 3 N–H and O–H groups in total. The molecule has 0 radical (unpaired) electrons. The van der Waals surface area contributed by atoms with Crippen molar-refractivity contribution in [1.82, 2.24) is 14.9 Å². The molecule has 1 aliphatic heterocycles. The van der Waals surface area contributed by atoms with Crippen molar-refractivity contribution in [3.05, 3.63) is 34.3 Å². The molecule has 0 spiro atoms. The van der Waals surface area contributed by atoms with E-state index in [1.807, 2.05) is 0 Å². The minimum atomic E-state index is -2.94. The fraction of sp³-hybridized carbons (Fsp3) is 0.333. The van der Waals surface area contributed by atoms with Gasteiger partial charge < -0.3 is 5.73 Å². The molecule has 114 valence electrons. The molecule has 1 aliphatic rings. The van der Waals surface area contributed by atoms with E-state index in [1.54, 1.807) is 0 Å². The molecule has 7 nitrogen and oxygen atoms in total. The zero-order chi connectivity index (χ0) is 21.2. The van der Waals surface area contributed by atoms with E-state index >= 15 is 0 Å². The Morgan fingerprint density at radius 1 is 1.45 bits per heavy atom. The number of hydrogen-bond acceptors (Lipinski definition) is 5. The van der Waals surface area contributed by atoms with Gasteiger partial charge in [-0.05, 0) is 32.3 Å². The summed E-state index contributed by atoms with van der Waals surface area (Å²) < 4.78 is 47.5. The van der Waals surface area contributed by atoms with Gasteiger partial charge in [0.1, 0.15) is 11.4 Å². The van der Waals surface area contributed by atoms with Gasteiger partial charge in [0.15, 0.2) is 0 Å². The van der Waals surface area contributed by atoms with Crippen LogP contribution < -0.4 is 16.6 Å². The summed E-state index contributed by atoms with van der Waals surface area (Å²) in [6, 6.07) is -1.78. The Labute approximate surface area is 134 Å². The van der Waals surface area contributed by atoms with Crippen LogP contribution in [0.3, 0.4) is 0 Å². The number of aryl methyl sites for hydroxylation is 1. The van der Waals surface area contributed by atoms with Gasteiger partial charge in [-0.15, -0.1) is 0 Å². The summed E-state index contributed by atoms with van der Waals surface area (Å²) in [5, 5.41) is 1.67. The summed E-state index contributed by atoms with van der Waals surface area (Å²) in [5.41, 5.74) is 2.17. The number of carbonyl (C=O) groups excluding carboxylic acids is 2. The standard InChI is InChI=1S/C15H16N4O3/c1-8-17-10-5-3-4-9(16)12(10)13(21)19(8)15(2)7-6-11(20)18-14(15)22/h3-5H,6-7,16H2,1-2H3,(H,18,20,22)/t15-/m0/s1/i1D3,3D,4D,5D. The fourth-order valence-corrected chi connectivity index (χ4v) is 2.54. The van der Waals surface area contributed by atoms with E-state index in [1.165, 1.54) is 6.92 Å². The van der Waals surface area contributed by atoms with Crippen molar-refractivity contribution in [3.63, 3.8) is 0 Å². The number of fused-ring (bicyclic) bond motifs is 1. The molecule has 0 unspecified atom stereocenters. The van der Waals surface area contributed by atoms with Crippen LogP contribution in [0.15, 0.2) is 22.9 Å². The first-order valence-electron chi connectivity index (χ1n) is 9.48. The van der Waals surface area contributed by atoms with E-state index in [9.17, 15) is 14.4 Å². The molecule has 2 heterocycles. The van der Waals surface area contributed by atoms with E-state index in [4.69, 9.17) is 14.0 Å². The van der Waals surface area contributed by atoms with E-state index in [0.717, 1.165) is 0 Å². The van der Waals surface area contributed by atoms with Crippen LogP contribution in [0, 0.1) is 6.85 Å². The van der Waals surface area contributed by atoms with E-state index in [0.29, 0.717) is 4.57 Å². The molecule has 2 amide bonds. The van der Waals surface area contributed by atoms with Gasteiger partial charge in [-0.3, -0.25) is 24.3 Å². The zero-order valence-electron chi connectivity index (χ0n) is 17.6. The summed E-state index contributed by atoms with van der Waals surface area (Å²) >= 11 is 0. The average molecular weight is 306 g/mol. The third kappa shape index (κ3) is 1.89. The zero-order valence-corrected chi connectivity index (χ0v) is 11.6. The first-order chi connectivity index (χ1) is 12.8. The van der Waals surface area contributed by atoms with Gasteiger partial charge in [-0.2, -0.15) is 0 Å². The number of aromatic nitrogens is 2. The number of amides is 2. The summed E-state index contributed by atoms with van der Waals surface area (Å²) in [5.74, 6) is -2.19. The molecular formula is C15H16N4O3. The molecule has 1 aromatic heterocycles. The number of hydrogen-bond donors (Lipinski definition) is 2. The summed E-state index contributed by atoms with van der Waals surface area (Å²) in [6.07, 6.45) is -0.270. The van der Waals surface area contributed by atoms with Crippen LogP contribution in [0.2, 0.25) is 0 Å². The van der Waals surface area contributed by atoms with Crippen LogP contribution >= 0.6 is 0 Å². The molecule has 7 heteroatoms. The van der Waals surface area contributed by atoms with Gasteiger partial charge in [0.2, 0.25) is 5.91 Å². The Morgan fingerprint density at radius 2 is 2.23 bits per heavy atom. The number of nitrogens with one attached hydrogen (secondary N) is 1. The summed E-state index contributed by atoms with van der Waals surface area (Å²) in [6.45, 7) is -1.64. The molecule has 1 atom stereocenters. The van der Waals surface area contributed by atoms with Crippen molar-refractivity contribution >= 4 is 28.4 Å². The van der Waals surface area contributed by atoms with Crippen molar-refractivity contribution in [3.8, 4) is 0 Å². The molecule has 1 saturated heterocycles. The number of nitrogens with zero attached hydrogens (tertiary/aromatic N) is 2. The van der Waals surface area contributed by atoms with Gasteiger partial charge >= 0.3 is 0 Å². The quantitative estimate of drug-likeness (QED) is 0.587. The Morgan fingerprint density at radius 3 is 2.91 bits per heavy atom. The molecule has 2 aromatic rings. The Bertz CT molecular complexity index is 1110. The maximum Gasteiger partial charge on any atom is 0.264 e. The van der Waals surface area contributed by atoms with Crippen molar-refractivity contribution in [1.29, 1.82) is 0 Å². The number of carbonyl (C=O) groups is 2. The number of nitrogens with two attached hydrogens (primary N) is 1. The predicted molar refractivity (Wildman–Crippen MR) is 81.2 cm³/mol. The second-order valence-corrected chi connectivity index (χ2v) is 5.24. The van der Waals surface area contributed by atoms with Crippen LogP contribution in [0.1, 0.15) is 33.8 Å². The van der Waals surface area contributed by atoms with Crippen LogP contribution in [0.5, 0.6) is 0 Å². The van der Waals surface area contributed by atoms with Crippen LogP contribution in [0.25, 0.3) is 10.9 Å². The van der Waals surface area contributed by atoms with Gasteiger partial charge in [0, 0.05) is 16.2 Å². The fourth-order valence-electron chi connectivity index (χ4n) is 2.54. The molecule has 1 fully saturated rings. The summed E-state index contributed by atoms with van der Waals surface area (Å²) in [7, 11) is 0. The molecule has 0 aliphatic carbocycles. The second kappa shape index (κ2) is 4.66.